The van der Waals surface area contributed by atoms with E-state index < -0.39 is 5.97 Å². The molecule has 0 aliphatic heterocycles. The molecule has 132 valence electrons. The number of nitrogens with zero attached hydrogens (tertiary/aromatic N) is 1. The van der Waals surface area contributed by atoms with Gasteiger partial charge in [0.2, 0.25) is 0 Å². The molecule has 0 spiro atoms. The molecular weight excluding hydrogens is 336 g/mol. The number of carbonyl (C=O) groups excluding carboxylic acids is 1. The number of benzene rings is 1. The molecule has 1 aliphatic rings. The van der Waals surface area contributed by atoms with E-state index in [9.17, 15) is 4.79 Å². The van der Waals surface area contributed by atoms with Crippen LogP contribution in [-0.4, -0.2) is 16.9 Å². The molecule has 1 aromatic carbocycles. The largest absolute Gasteiger partial charge is 0.487 e. The van der Waals surface area contributed by atoms with Crippen molar-refractivity contribution in [3.05, 3.63) is 46.4 Å². The van der Waals surface area contributed by atoms with Gasteiger partial charge in [-0.2, -0.15) is 0 Å². The standard InChI is InChI=1S/C19H22N2O3S/c1-13(22)24-19(20)18(14-4-2-3-5-14)15-6-8-17(9-7-15)23-10-16-11-25-12-21-16/h6-9,11-12,14,18,20H,2-5,10H2,1H3. The lowest BCUT2D eigenvalue weighted by atomic mass is 9.84. The molecule has 0 radical (unpaired) electrons. The van der Waals surface area contributed by atoms with Gasteiger partial charge in [-0.05, 0) is 36.5 Å². The Balaban J connectivity index is 1.71. The van der Waals surface area contributed by atoms with E-state index in [1.165, 1.54) is 19.8 Å². The highest BCUT2D eigenvalue weighted by Gasteiger charge is 2.31. The molecule has 0 amide bonds. The SMILES string of the molecule is CC(=O)OC(=N)C(c1ccc(OCc2cscn2)cc1)C1CCCC1. The third-order valence-corrected chi connectivity index (χ3v) is 5.15. The number of ether oxygens (including phenoxy) is 2. The Hall–Kier alpha value is -2.21. The number of aromatic nitrogens is 1. The predicted octanol–water partition coefficient (Wildman–Crippen LogP) is 4.54. The van der Waals surface area contributed by atoms with Gasteiger partial charge < -0.3 is 9.47 Å². The van der Waals surface area contributed by atoms with Crippen molar-refractivity contribution in [3.8, 4) is 5.75 Å². The summed E-state index contributed by atoms with van der Waals surface area (Å²) in [5.41, 5.74) is 3.70. The Morgan fingerprint density at radius 1 is 1.32 bits per heavy atom. The first-order chi connectivity index (χ1) is 12.1. The highest BCUT2D eigenvalue weighted by atomic mass is 32.1. The van der Waals surface area contributed by atoms with Gasteiger partial charge in [-0.1, -0.05) is 25.0 Å². The summed E-state index contributed by atoms with van der Waals surface area (Å²) in [5, 5.41) is 10.2. The van der Waals surface area contributed by atoms with Crippen LogP contribution in [0.4, 0.5) is 0 Å². The Bertz CT molecular complexity index is 707. The van der Waals surface area contributed by atoms with Gasteiger partial charge in [0.25, 0.3) is 0 Å². The molecule has 1 heterocycles. The average molecular weight is 358 g/mol. The van der Waals surface area contributed by atoms with Gasteiger partial charge in [-0.15, -0.1) is 11.3 Å². The van der Waals surface area contributed by atoms with Crippen LogP contribution >= 0.6 is 11.3 Å². The molecule has 1 unspecified atom stereocenters. The fraction of sp³-hybridized carbons (Fsp3) is 0.421. The van der Waals surface area contributed by atoms with Gasteiger partial charge in [-0.25, -0.2) is 4.98 Å². The second kappa shape index (κ2) is 8.25. The number of nitrogens with one attached hydrogen (secondary N) is 1. The average Bonchev–Trinajstić information content (AvgIpc) is 3.27. The molecule has 1 N–H and O–H groups in total. The lowest BCUT2D eigenvalue weighted by Gasteiger charge is -2.23. The predicted molar refractivity (Wildman–Crippen MR) is 97.1 cm³/mol. The number of rotatable bonds is 6. The molecule has 6 heteroatoms. The Morgan fingerprint density at radius 3 is 2.64 bits per heavy atom. The van der Waals surface area contributed by atoms with E-state index in [4.69, 9.17) is 14.9 Å². The maximum absolute atomic E-state index is 11.3. The molecular formula is C19H22N2O3S. The van der Waals surface area contributed by atoms with Gasteiger partial charge in [0.15, 0.2) is 5.90 Å². The maximum Gasteiger partial charge on any atom is 0.309 e. The van der Waals surface area contributed by atoms with Crippen molar-refractivity contribution in [2.75, 3.05) is 0 Å². The Morgan fingerprint density at radius 2 is 2.04 bits per heavy atom. The zero-order chi connectivity index (χ0) is 17.6. The van der Waals surface area contributed by atoms with Crippen molar-refractivity contribution in [1.29, 1.82) is 5.41 Å². The third kappa shape index (κ3) is 4.66. The summed E-state index contributed by atoms with van der Waals surface area (Å²) in [6.45, 7) is 1.79. The van der Waals surface area contributed by atoms with E-state index in [-0.39, 0.29) is 11.8 Å². The summed E-state index contributed by atoms with van der Waals surface area (Å²) in [6, 6.07) is 7.75. The van der Waals surface area contributed by atoms with E-state index in [1.54, 1.807) is 16.8 Å². The number of thiazole rings is 1. The summed E-state index contributed by atoms with van der Waals surface area (Å²) in [7, 11) is 0. The fourth-order valence-electron chi connectivity index (χ4n) is 3.38. The van der Waals surface area contributed by atoms with Gasteiger partial charge in [0, 0.05) is 12.3 Å². The minimum Gasteiger partial charge on any atom is -0.487 e. The van der Waals surface area contributed by atoms with E-state index in [2.05, 4.69) is 4.98 Å². The van der Waals surface area contributed by atoms with Crippen LogP contribution in [0.1, 0.15) is 49.8 Å². The van der Waals surface area contributed by atoms with Crippen molar-refractivity contribution in [2.24, 2.45) is 5.92 Å². The highest BCUT2D eigenvalue weighted by molar-refractivity contribution is 7.07. The number of hydrogen-bond acceptors (Lipinski definition) is 6. The monoisotopic (exact) mass is 358 g/mol. The molecule has 1 saturated carbocycles. The molecule has 25 heavy (non-hydrogen) atoms. The molecule has 1 aliphatic carbocycles. The van der Waals surface area contributed by atoms with Crippen molar-refractivity contribution in [3.63, 3.8) is 0 Å². The van der Waals surface area contributed by atoms with Crippen LogP contribution in [0.2, 0.25) is 0 Å². The molecule has 1 aromatic heterocycles. The van der Waals surface area contributed by atoms with Gasteiger partial charge in [0.05, 0.1) is 17.1 Å². The van der Waals surface area contributed by atoms with Crippen molar-refractivity contribution in [2.45, 2.75) is 45.1 Å². The first-order valence-corrected chi connectivity index (χ1v) is 9.44. The zero-order valence-corrected chi connectivity index (χ0v) is 15.1. The van der Waals surface area contributed by atoms with Crippen molar-refractivity contribution >= 4 is 23.2 Å². The fourth-order valence-corrected chi connectivity index (χ4v) is 3.93. The summed E-state index contributed by atoms with van der Waals surface area (Å²) in [6.07, 6.45) is 4.47. The van der Waals surface area contributed by atoms with E-state index in [1.807, 2.05) is 29.6 Å². The number of esters is 1. The van der Waals surface area contributed by atoms with Crippen LogP contribution in [0.5, 0.6) is 5.75 Å². The normalized spacial score (nSPS) is 15.7. The molecule has 1 atom stereocenters. The van der Waals surface area contributed by atoms with Gasteiger partial charge in [-0.3, -0.25) is 10.2 Å². The van der Waals surface area contributed by atoms with Crippen LogP contribution in [0.15, 0.2) is 35.2 Å². The highest BCUT2D eigenvalue weighted by Crippen LogP contribution is 2.38. The second-order valence-electron chi connectivity index (χ2n) is 6.32. The van der Waals surface area contributed by atoms with Crippen molar-refractivity contribution in [1.82, 2.24) is 4.98 Å². The maximum atomic E-state index is 11.3. The van der Waals surface area contributed by atoms with E-state index in [0.717, 1.165) is 29.8 Å². The summed E-state index contributed by atoms with van der Waals surface area (Å²) >= 11 is 1.55. The first kappa shape index (κ1) is 17.6. The quantitative estimate of drug-likeness (QED) is 0.467. The van der Waals surface area contributed by atoms with Crippen LogP contribution < -0.4 is 4.74 Å². The molecule has 2 aromatic rings. The van der Waals surface area contributed by atoms with Crippen LogP contribution in [-0.2, 0) is 16.1 Å². The minimum absolute atomic E-state index is 0.0514. The molecule has 0 bridgehead atoms. The van der Waals surface area contributed by atoms with Gasteiger partial charge in [0.1, 0.15) is 12.4 Å². The summed E-state index contributed by atoms with van der Waals surface area (Å²) in [5.74, 6) is 0.570. The smallest absolute Gasteiger partial charge is 0.309 e. The Labute approximate surface area is 151 Å². The molecule has 3 rings (SSSR count). The molecule has 1 fully saturated rings. The zero-order valence-electron chi connectivity index (χ0n) is 14.2. The van der Waals surface area contributed by atoms with Crippen LogP contribution in [0, 0.1) is 11.3 Å². The van der Waals surface area contributed by atoms with Crippen LogP contribution in [0.25, 0.3) is 0 Å². The third-order valence-electron chi connectivity index (χ3n) is 4.52. The summed E-state index contributed by atoms with van der Waals surface area (Å²) < 4.78 is 10.9. The first-order valence-electron chi connectivity index (χ1n) is 8.50. The molecule has 0 saturated heterocycles. The topological polar surface area (TPSA) is 72.3 Å². The molecule has 5 nitrogen and oxygen atoms in total. The van der Waals surface area contributed by atoms with Crippen LogP contribution in [0.3, 0.4) is 0 Å². The second-order valence-corrected chi connectivity index (χ2v) is 7.04. The number of carbonyl (C=O) groups is 1. The lowest BCUT2D eigenvalue weighted by molar-refractivity contribution is -0.133. The lowest BCUT2D eigenvalue weighted by Crippen LogP contribution is -2.23. The van der Waals surface area contributed by atoms with Gasteiger partial charge >= 0.3 is 5.97 Å². The number of hydrogen-bond donors (Lipinski definition) is 1. The Kier molecular flexibility index (Phi) is 5.81. The van der Waals surface area contributed by atoms with E-state index >= 15 is 0 Å². The van der Waals surface area contributed by atoms with E-state index in [0.29, 0.717) is 12.5 Å². The minimum atomic E-state index is -0.434. The summed E-state index contributed by atoms with van der Waals surface area (Å²) in [4.78, 5) is 15.5. The van der Waals surface area contributed by atoms with Crippen molar-refractivity contribution < 1.29 is 14.3 Å².